The van der Waals surface area contributed by atoms with Gasteiger partial charge in [0.15, 0.2) is 0 Å². The van der Waals surface area contributed by atoms with Gasteiger partial charge in [-0.25, -0.2) is 14.4 Å². The summed E-state index contributed by atoms with van der Waals surface area (Å²) in [7, 11) is 1.68. The first-order valence-corrected chi connectivity index (χ1v) is 12.5. The third-order valence-electron chi connectivity index (χ3n) is 6.68. The zero-order valence-corrected chi connectivity index (χ0v) is 21.8. The number of hydrogen-bond donors (Lipinski definition) is 2. The molecule has 3 rings (SSSR count). The predicted molar refractivity (Wildman–Crippen MR) is 135 cm³/mol. The minimum atomic E-state index is -0.594. The molecule has 2 aliphatic heterocycles. The van der Waals surface area contributed by atoms with Crippen LogP contribution in [0.15, 0.2) is 35.5 Å². The molecule has 4 amide bonds. The maximum absolute atomic E-state index is 13.2. The molecule has 0 unspecified atom stereocenters. The third-order valence-corrected chi connectivity index (χ3v) is 6.68. The largest absolute Gasteiger partial charge is 0.463 e. The molecule has 0 aromatic heterocycles. The van der Waals surface area contributed by atoms with Crippen LogP contribution in [0.2, 0.25) is 0 Å². The van der Waals surface area contributed by atoms with Crippen LogP contribution < -0.4 is 10.6 Å². The molecule has 0 bridgehead atoms. The number of piperazine rings is 1. The van der Waals surface area contributed by atoms with Crippen molar-refractivity contribution in [1.82, 2.24) is 25.3 Å². The summed E-state index contributed by atoms with van der Waals surface area (Å²) in [6.07, 6.45) is 0. The van der Waals surface area contributed by atoms with E-state index in [-0.39, 0.29) is 24.7 Å². The molecule has 1 saturated heterocycles. The smallest absolute Gasteiger partial charge is 0.338 e. The highest BCUT2D eigenvalue weighted by molar-refractivity contribution is 5.95. The van der Waals surface area contributed by atoms with Gasteiger partial charge >= 0.3 is 18.0 Å². The number of nitrogens with zero attached hydrogens (tertiary/aromatic N) is 3. The van der Waals surface area contributed by atoms with Crippen LogP contribution in [0.1, 0.15) is 57.7 Å². The van der Waals surface area contributed by atoms with Crippen LogP contribution >= 0.6 is 0 Å². The lowest BCUT2D eigenvalue weighted by atomic mass is 9.92. The average Bonchev–Trinajstić information content (AvgIpc) is 2.82. The van der Waals surface area contributed by atoms with E-state index in [0.717, 1.165) is 5.56 Å². The third kappa shape index (κ3) is 5.96. The molecule has 2 aliphatic rings. The Balaban J connectivity index is 1.93. The highest BCUT2D eigenvalue weighted by atomic mass is 16.5. The normalized spacial score (nSPS) is 21.3. The first kappa shape index (κ1) is 26.5. The summed E-state index contributed by atoms with van der Waals surface area (Å²) in [6.45, 7) is 13.0. The lowest BCUT2D eigenvalue weighted by Crippen LogP contribution is -2.57. The molecule has 2 heterocycles. The zero-order valence-electron chi connectivity index (χ0n) is 21.8. The average molecular weight is 486 g/mol. The number of benzene rings is 1. The Morgan fingerprint density at radius 1 is 1.17 bits per heavy atom. The first-order chi connectivity index (χ1) is 16.7. The molecule has 0 aliphatic carbocycles. The number of likely N-dealkylation sites (N-methyl/N-ethyl adjacent to an activating group) is 1. The van der Waals surface area contributed by atoms with E-state index in [1.54, 1.807) is 14.0 Å². The topological polar surface area (TPSA) is 94.2 Å². The van der Waals surface area contributed by atoms with Crippen LogP contribution in [0, 0.1) is 0 Å². The molecule has 192 valence electrons. The molecule has 1 aromatic carbocycles. The molecule has 2 N–H and O–H groups in total. The fourth-order valence-corrected chi connectivity index (χ4v) is 4.66. The first-order valence-electron chi connectivity index (χ1n) is 12.5. The van der Waals surface area contributed by atoms with Gasteiger partial charge in [-0.1, -0.05) is 38.1 Å². The highest BCUT2D eigenvalue weighted by Crippen LogP contribution is 2.32. The van der Waals surface area contributed by atoms with Crippen LogP contribution in [0.25, 0.3) is 0 Å². The van der Waals surface area contributed by atoms with Crippen molar-refractivity contribution in [3.05, 3.63) is 46.7 Å². The van der Waals surface area contributed by atoms with Crippen LogP contribution in [-0.4, -0.2) is 85.2 Å². The number of esters is 1. The summed E-state index contributed by atoms with van der Waals surface area (Å²) < 4.78 is 5.44. The number of rotatable bonds is 7. The predicted octanol–water partition coefficient (Wildman–Crippen LogP) is 3.06. The van der Waals surface area contributed by atoms with Gasteiger partial charge in [0.25, 0.3) is 0 Å². The molecule has 2 atom stereocenters. The molecule has 0 radical (unpaired) electrons. The van der Waals surface area contributed by atoms with Crippen LogP contribution in [0.3, 0.4) is 0 Å². The fourth-order valence-electron chi connectivity index (χ4n) is 4.66. The molecule has 0 spiro atoms. The van der Waals surface area contributed by atoms with Crippen molar-refractivity contribution in [2.75, 3.05) is 46.4 Å². The molecule has 1 aromatic rings. The van der Waals surface area contributed by atoms with Crippen molar-refractivity contribution < 1.29 is 19.1 Å². The number of carbonyl (C=O) groups is 3. The number of nitrogens with one attached hydrogen (secondary N) is 2. The van der Waals surface area contributed by atoms with Crippen LogP contribution in [0.5, 0.6) is 0 Å². The quantitative estimate of drug-likeness (QED) is 0.579. The Bertz CT molecular complexity index is 959. The highest BCUT2D eigenvalue weighted by Gasteiger charge is 2.38. The Morgan fingerprint density at radius 3 is 2.43 bits per heavy atom. The second-order valence-corrected chi connectivity index (χ2v) is 9.46. The maximum Gasteiger partial charge on any atom is 0.338 e. The molecule has 9 heteroatoms. The van der Waals surface area contributed by atoms with Gasteiger partial charge in [0, 0.05) is 51.5 Å². The van der Waals surface area contributed by atoms with E-state index in [1.807, 2.05) is 43.0 Å². The van der Waals surface area contributed by atoms with Gasteiger partial charge in [-0.15, -0.1) is 0 Å². The fraction of sp³-hybridized carbons (Fsp3) is 0.577. The Hall–Kier alpha value is -3.07. The zero-order chi connectivity index (χ0) is 25.7. The number of ether oxygens (including phenoxy) is 1. The lowest BCUT2D eigenvalue weighted by molar-refractivity contribution is -0.139. The standard InChI is InChI=1S/C26H39N5O4/c1-7-27-25(33)31-14-13-30(15-18(31)5)16-21-22(24(32)35-8-2)23(28-26(34)29(21)6)20-11-9-19(10-12-20)17(3)4/h9-12,17-18,23H,7-8,13-16H2,1-6H3,(H,27,33)(H,28,34)/t18-,23-/m1/s1. The van der Waals surface area contributed by atoms with Crippen LogP contribution in [0.4, 0.5) is 9.59 Å². The summed E-state index contributed by atoms with van der Waals surface area (Å²) >= 11 is 0. The molecule has 9 nitrogen and oxygen atoms in total. The van der Waals surface area contributed by atoms with E-state index in [9.17, 15) is 14.4 Å². The van der Waals surface area contributed by atoms with Crippen molar-refractivity contribution in [3.8, 4) is 0 Å². The van der Waals surface area contributed by atoms with Crippen molar-refractivity contribution in [2.24, 2.45) is 0 Å². The van der Waals surface area contributed by atoms with Gasteiger partial charge in [-0.05, 0) is 37.8 Å². The maximum atomic E-state index is 13.2. The van der Waals surface area contributed by atoms with Gasteiger partial charge in [0.1, 0.15) is 0 Å². The Morgan fingerprint density at radius 2 is 1.86 bits per heavy atom. The van der Waals surface area contributed by atoms with E-state index in [4.69, 9.17) is 4.74 Å². The van der Waals surface area contributed by atoms with E-state index in [1.165, 1.54) is 10.5 Å². The van der Waals surface area contributed by atoms with Gasteiger partial charge in [-0.3, -0.25) is 9.80 Å². The Kier molecular flexibility index (Phi) is 8.77. The van der Waals surface area contributed by atoms with E-state index < -0.39 is 12.0 Å². The van der Waals surface area contributed by atoms with Gasteiger partial charge in [0.05, 0.1) is 18.2 Å². The van der Waals surface area contributed by atoms with Gasteiger partial charge < -0.3 is 20.3 Å². The Labute approximate surface area is 208 Å². The van der Waals surface area contributed by atoms with E-state index in [2.05, 4.69) is 29.4 Å². The second-order valence-electron chi connectivity index (χ2n) is 9.46. The second kappa shape index (κ2) is 11.6. The van der Waals surface area contributed by atoms with Gasteiger partial charge in [-0.2, -0.15) is 0 Å². The van der Waals surface area contributed by atoms with E-state index >= 15 is 0 Å². The summed E-state index contributed by atoms with van der Waals surface area (Å²) in [6, 6.07) is 7.09. The van der Waals surface area contributed by atoms with Crippen molar-refractivity contribution in [2.45, 2.75) is 52.6 Å². The number of urea groups is 2. The SMILES string of the molecule is CCNC(=O)N1CCN(CC2=C(C(=O)OCC)[C@@H](c3ccc(C(C)C)cc3)NC(=O)N2C)C[C@H]1C. The number of hydrogen-bond acceptors (Lipinski definition) is 5. The van der Waals surface area contributed by atoms with Crippen molar-refractivity contribution in [3.63, 3.8) is 0 Å². The minimum Gasteiger partial charge on any atom is -0.463 e. The molecule has 0 saturated carbocycles. The van der Waals surface area contributed by atoms with Crippen molar-refractivity contribution >= 4 is 18.0 Å². The minimum absolute atomic E-state index is 0.00374. The molecule has 35 heavy (non-hydrogen) atoms. The van der Waals surface area contributed by atoms with Crippen LogP contribution in [-0.2, 0) is 9.53 Å². The lowest BCUT2D eigenvalue weighted by Gasteiger charge is -2.42. The summed E-state index contributed by atoms with van der Waals surface area (Å²) in [4.78, 5) is 44.0. The monoisotopic (exact) mass is 485 g/mol. The van der Waals surface area contributed by atoms with Crippen molar-refractivity contribution in [1.29, 1.82) is 0 Å². The molecular weight excluding hydrogens is 446 g/mol. The summed E-state index contributed by atoms with van der Waals surface area (Å²) in [5, 5.41) is 5.84. The molecule has 1 fully saturated rings. The molecular formula is C26H39N5O4. The van der Waals surface area contributed by atoms with Gasteiger partial charge in [0.2, 0.25) is 0 Å². The van der Waals surface area contributed by atoms with E-state index in [0.29, 0.717) is 49.9 Å². The number of carbonyl (C=O) groups excluding carboxylic acids is 3. The summed E-state index contributed by atoms with van der Waals surface area (Å²) in [5.74, 6) is -0.0480. The number of amides is 4. The summed E-state index contributed by atoms with van der Waals surface area (Å²) in [5.41, 5.74) is 3.11.